The van der Waals surface area contributed by atoms with E-state index in [0.29, 0.717) is 19.1 Å². The fourth-order valence-corrected chi connectivity index (χ4v) is 1.98. The molecule has 0 atom stereocenters. The molecule has 0 fully saturated rings. The van der Waals surface area contributed by atoms with Gasteiger partial charge < -0.3 is 4.74 Å². The highest BCUT2D eigenvalue weighted by molar-refractivity contribution is 5.97. The van der Waals surface area contributed by atoms with Gasteiger partial charge in [-0.25, -0.2) is 0 Å². The highest BCUT2D eigenvalue weighted by atomic mass is 16.5. The van der Waals surface area contributed by atoms with Gasteiger partial charge in [-0.15, -0.1) is 0 Å². The van der Waals surface area contributed by atoms with E-state index in [1.807, 2.05) is 25.1 Å². The highest BCUT2D eigenvalue weighted by Gasteiger charge is 2.11. The summed E-state index contributed by atoms with van der Waals surface area (Å²) < 4.78 is 5.73. The number of ether oxygens (including phenoxy) is 1. The number of hydrogen-bond donors (Lipinski definition) is 0. The number of likely N-dealkylation sites (N-methyl/N-ethyl adjacent to an activating group) is 1. The van der Waals surface area contributed by atoms with E-state index in [0.717, 1.165) is 30.0 Å². The van der Waals surface area contributed by atoms with Crippen LogP contribution in [0, 0.1) is 12.8 Å². The van der Waals surface area contributed by atoms with E-state index in [9.17, 15) is 4.79 Å². The summed E-state index contributed by atoms with van der Waals surface area (Å²) in [6, 6.07) is 5.71. The number of ketones is 1. The highest BCUT2D eigenvalue weighted by Crippen LogP contribution is 2.20. The molecule has 0 radical (unpaired) electrons. The molecule has 0 aromatic heterocycles. The minimum Gasteiger partial charge on any atom is -0.493 e. The number of hydrogen-bond acceptors (Lipinski definition) is 3. The van der Waals surface area contributed by atoms with Crippen LogP contribution in [0.25, 0.3) is 0 Å². The average molecular weight is 277 g/mol. The van der Waals surface area contributed by atoms with Crippen LogP contribution in [-0.4, -0.2) is 36.9 Å². The fourth-order valence-electron chi connectivity index (χ4n) is 1.98. The standard InChI is InChI=1S/C17H27NO2/c1-6-18(7-2)11-16(19)15-8-9-17(14(5)10-15)20-12-13(3)4/h8-10,13H,6-7,11-12H2,1-5H3. The Morgan fingerprint density at radius 1 is 1.25 bits per heavy atom. The van der Waals surface area contributed by atoms with Crippen LogP contribution in [-0.2, 0) is 0 Å². The summed E-state index contributed by atoms with van der Waals surface area (Å²) in [5, 5.41) is 0. The zero-order chi connectivity index (χ0) is 15.1. The van der Waals surface area contributed by atoms with Crippen LogP contribution in [0.3, 0.4) is 0 Å². The van der Waals surface area contributed by atoms with Crippen LogP contribution in [0.2, 0.25) is 0 Å². The number of Topliss-reactive ketones (excluding diaryl/α,β-unsaturated/α-hetero) is 1. The monoisotopic (exact) mass is 277 g/mol. The Bertz CT molecular complexity index is 437. The van der Waals surface area contributed by atoms with Crippen LogP contribution < -0.4 is 4.74 Å². The maximum atomic E-state index is 12.2. The number of benzene rings is 1. The molecular formula is C17H27NO2. The van der Waals surface area contributed by atoms with Gasteiger partial charge in [0.2, 0.25) is 0 Å². The second-order valence-electron chi connectivity index (χ2n) is 5.57. The average Bonchev–Trinajstić information content (AvgIpc) is 2.42. The van der Waals surface area contributed by atoms with Gasteiger partial charge in [0.15, 0.2) is 5.78 Å². The molecule has 0 amide bonds. The van der Waals surface area contributed by atoms with Gasteiger partial charge in [0, 0.05) is 5.56 Å². The molecule has 0 saturated heterocycles. The summed E-state index contributed by atoms with van der Waals surface area (Å²) in [5.41, 5.74) is 1.79. The molecule has 0 N–H and O–H groups in total. The molecule has 20 heavy (non-hydrogen) atoms. The van der Waals surface area contributed by atoms with Crippen LogP contribution in [0.4, 0.5) is 0 Å². The molecule has 3 nitrogen and oxygen atoms in total. The largest absolute Gasteiger partial charge is 0.493 e. The molecule has 0 aliphatic rings. The summed E-state index contributed by atoms with van der Waals surface area (Å²) in [4.78, 5) is 14.3. The molecular weight excluding hydrogens is 250 g/mol. The predicted octanol–water partition coefficient (Wildman–Crippen LogP) is 3.55. The van der Waals surface area contributed by atoms with Crippen molar-refractivity contribution in [2.75, 3.05) is 26.2 Å². The lowest BCUT2D eigenvalue weighted by atomic mass is 10.1. The van der Waals surface area contributed by atoms with Crippen molar-refractivity contribution in [3.8, 4) is 5.75 Å². The molecule has 0 saturated carbocycles. The summed E-state index contributed by atoms with van der Waals surface area (Å²) >= 11 is 0. The first-order chi connectivity index (χ1) is 9.47. The topological polar surface area (TPSA) is 29.5 Å². The van der Waals surface area contributed by atoms with Crippen molar-refractivity contribution in [2.45, 2.75) is 34.6 Å². The number of carbonyl (C=O) groups excluding carboxylic acids is 1. The van der Waals surface area contributed by atoms with E-state index in [2.05, 4.69) is 32.6 Å². The van der Waals surface area contributed by atoms with Crippen molar-refractivity contribution in [2.24, 2.45) is 5.92 Å². The smallest absolute Gasteiger partial charge is 0.176 e. The second-order valence-corrected chi connectivity index (χ2v) is 5.57. The van der Waals surface area contributed by atoms with Crippen molar-refractivity contribution < 1.29 is 9.53 Å². The lowest BCUT2D eigenvalue weighted by Crippen LogP contribution is -2.29. The Labute approximate surface area is 122 Å². The number of aryl methyl sites for hydroxylation is 1. The Kier molecular flexibility index (Phi) is 6.73. The summed E-state index contributed by atoms with van der Waals surface area (Å²) in [6.45, 7) is 13.4. The second kappa shape index (κ2) is 8.05. The van der Waals surface area contributed by atoms with Crippen LogP contribution >= 0.6 is 0 Å². The molecule has 0 aliphatic carbocycles. The number of carbonyl (C=O) groups is 1. The minimum absolute atomic E-state index is 0.173. The van der Waals surface area contributed by atoms with Crippen molar-refractivity contribution in [1.82, 2.24) is 4.90 Å². The Morgan fingerprint density at radius 2 is 1.90 bits per heavy atom. The van der Waals surface area contributed by atoms with Gasteiger partial charge >= 0.3 is 0 Å². The van der Waals surface area contributed by atoms with Crippen molar-refractivity contribution in [3.63, 3.8) is 0 Å². The summed E-state index contributed by atoms with van der Waals surface area (Å²) in [6.07, 6.45) is 0. The third-order valence-corrected chi connectivity index (χ3v) is 3.33. The maximum absolute atomic E-state index is 12.2. The molecule has 0 spiro atoms. The Hall–Kier alpha value is -1.35. The van der Waals surface area contributed by atoms with Crippen LogP contribution in [0.1, 0.15) is 43.6 Å². The van der Waals surface area contributed by atoms with Crippen molar-refractivity contribution >= 4 is 5.78 Å². The fraction of sp³-hybridized carbons (Fsp3) is 0.588. The van der Waals surface area contributed by atoms with E-state index in [1.165, 1.54) is 0 Å². The lowest BCUT2D eigenvalue weighted by molar-refractivity contribution is 0.0937. The van der Waals surface area contributed by atoms with Gasteiger partial charge in [-0.3, -0.25) is 9.69 Å². The van der Waals surface area contributed by atoms with Gasteiger partial charge in [0.25, 0.3) is 0 Å². The molecule has 0 unspecified atom stereocenters. The third-order valence-electron chi connectivity index (χ3n) is 3.33. The first-order valence-electron chi connectivity index (χ1n) is 7.46. The molecule has 0 bridgehead atoms. The zero-order valence-corrected chi connectivity index (χ0v) is 13.4. The van der Waals surface area contributed by atoms with E-state index in [-0.39, 0.29) is 5.78 Å². The van der Waals surface area contributed by atoms with E-state index >= 15 is 0 Å². The van der Waals surface area contributed by atoms with Crippen molar-refractivity contribution in [1.29, 1.82) is 0 Å². The Balaban J connectivity index is 2.73. The summed E-state index contributed by atoms with van der Waals surface area (Å²) in [5.74, 6) is 1.55. The molecule has 0 heterocycles. The van der Waals surface area contributed by atoms with Gasteiger partial charge in [-0.1, -0.05) is 27.7 Å². The summed E-state index contributed by atoms with van der Waals surface area (Å²) in [7, 11) is 0. The van der Waals surface area contributed by atoms with Gasteiger partial charge in [0.1, 0.15) is 5.75 Å². The lowest BCUT2D eigenvalue weighted by Gasteiger charge is -2.17. The van der Waals surface area contributed by atoms with E-state index < -0.39 is 0 Å². The zero-order valence-electron chi connectivity index (χ0n) is 13.4. The first kappa shape index (κ1) is 16.7. The minimum atomic E-state index is 0.173. The quantitative estimate of drug-likeness (QED) is 0.681. The van der Waals surface area contributed by atoms with Crippen LogP contribution in [0.5, 0.6) is 5.75 Å². The maximum Gasteiger partial charge on any atom is 0.176 e. The molecule has 1 rings (SSSR count). The van der Waals surface area contributed by atoms with Gasteiger partial charge in [0.05, 0.1) is 13.2 Å². The molecule has 112 valence electrons. The molecule has 3 heteroatoms. The predicted molar refractivity (Wildman–Crippen MR) is 83.6 cm³/mol. The van der Waals surface area contributed by atoms with Gasteiger partial charge in [-0.2, -0.15) is 0 Å². The normalized spacial score (nSPS) is 11.2. The van der Waals surface area contributed by atoms with Gasteiger partial charge in [-0.05, 0) is 49.7 Å². The van der Waals surface area contributed by atoms with Crippen LogP contribution in [0.15, 0.2) is 18.2 Å². The van der Waals surface area contributed by atoms with E-state index in [1.54, 1.807) is 0 Å². The number of nitrogens with zero attached hydrogens (tertiary/aromatic N) is 1. The molecule has 1 aromatic rings. The van der Waals surface area contributed by atoms with E-state index in [4.69, 9.17) is 4.74 Å². The number of rotatable bonds is 8. The third kappa shape index (κ3) is 4.97. The first-order valence-corrected chi connectivity index (χ1v) is 7.46. The molecule has 1 aromatic carbocycles. The Morgan fingerprint density at radius 3 is 2.40 bits per heavy atom. The molecule has 0 aliphatic heterocycles. The van der Waals surface area contributed by atoms with Crippen molar-refractivity contribution in [3.05, 3.63) is 29.3 Å². The SMILES string of the molecule is CCN(CC)CC(=O)c1ccc(OCC(C)C)c(C)c1.